The summed E-state index contributed by atoms with van der Waals surface area (Å²) < 4.78 is 20.7. The lowest BCUT2D eigenvalue weighted by Gasteiger charge is -2.14. The van der Waals surface area contributed by atoms with Crippen LogP contribution in [0.2, 0.25) is 0 Å². The van der Waals surface area contributed by atoms with E-state index in [0.29, 0.717) is 17.0 Å². The zero-order valence-electron chi connectivity index (χ0n) is 16.2. The molecule has 3 N–H and O–H groups in total. The predicted octanol–water partition coefficient (Wildman–Crippen LogP) is 2.68. The van der Waals surface area contributed by atoms with Crippen LogP contribution in [0.1, 0.15) is 27.2 Å². The first-order valence-electron chi connectivity index (χ1n) is 9.07. The number of pyridine rings is 1. The lowest BCUT2D eigenvalue weighted by molar-refractivity contribution is 0.0949. The second-order valence-corrected chi connectivity index (χ2v) is 6.55. The first kappa shape index (κ1) is 20.3. The largest absolute Gasteiger partial charge is 0.497 e. The molecule has 0 unspecified atom stereocenters. The number of nitrogens with two attached hydrogens (primary N) is 1. The topological polar surface area (TPSA) is 86.3 Å². The first-order chi connectivity index (χ1) is 13.9. The van der Waals surface area contributed by atoms with Gasteiger partial charge in [0, 0.05) is 18.8 Å². The van der Waals surface area contributed by atoms with Crippen LogP contribution < -0.4 is 21.3 Å². The molecular formula is C22H22FN3O3. The predicted molar refractivity (Wildman–Crippen MR) is 109 cm³/mol. The molecule has 29 heavy (non-hydrogen) atoms. The molecule has 0 saturated heterocycles. The molecule has 1 amide bonds. The van der Waals surface area contributed by atoms with Crippen molar-refractivity contribution in [1.82, 2.24) is 9.88 Å². The van der Waals surface area contributed by atoms with Gasteiger partial charge in [0.1, 0.15) is 17.1 Å². The molecule has 1 aromatic heterocycles. The Labute approximate surface area is 167 Å². The average molecular weight is 395 g/mol. The number of aryl methyl sites for hydroxylation is 1. The Balaban J connectivity index is 1.90. The van der Waals surface area contributed by atoms with Crippen molar-refractivity contribution in [1.29, 1.82) is 0 Å². The van der Waals surface area contributed by atoms with Crippen molar-refractivity contribution >= 4 is 5.91 Å². The number of nitrogens with one attached hydrogen (secondary N) is 1. The van der Waals surface area contributed by atoms with Gasteiger partial charge in [-0.05, 0) is 54.4 Å². The number of hydrogen-bond acceptors (Lipinski definition) is 4. The van der Waals surface area contributed by atoms with Gasteiger partial charge in [0.2, 0.25) is 0 Å². The summed E-state index contributed by atoms with van der Waals surface area (Å²) in [5, 5.41) is 2.72. The fraction of sp³-hybridized carbons (Fsp3) is 0.182. The smallest absolute Gasteiger partial charge is 0.268 e. The van der Waals surface area contributed by atoms with E-state index in [2.05, 4.69) is 5.32 Å². The van der Waals surface area contributed by atoms with Crippen LogP contribution in [0.3, 0.4) is 0 Å². The monoisotopic (exact) mass is 395 g/mol. The Bertz CT molecular complexity index is 1090. The fourth-order valence-corrected chi connectivity index (χ4v) is 2.98. The third kappa shape index (κ3) is 4.35. The molecule has 1 heterocycles. The Hall–Kier alpha value is -3.45. The van der Waals surface area contributed by atoms with E-state index in [-0.39, 0.29) is 24.3 Å². The second-order valence-electron chi connectivity index (χ2n) is 6.55. The molecule has 6 nitrogen and oxygen atoms in total. The molecule has 0 aliphatic heterocycles. The number of ether oxygens (including phenoxy) is 1. The molecule has 3 rings (SSSR count). The Morgan fingerprint density at radius 1 is 1.10 bits per heavy atom. The Morgan fingerprint density at radius 3 is 2.45 bits per heavy atom. The lowest BCUT2D eigenvalue weighted by Crippen LogP contribution is -2.33. The minimum atomic E-state index is -0.592. The molecular weight excluding hydrogens is 373 g/mol. The molecule has 7 heteroatoms. The number of nitrogens with zero attached hydrogens (tertiary/aromatic N) is 1. The van der Waals surface area contributed by atoms with Gasteiger partial charge in [0.15, 0.2) is 0 Å². The molecule has 0 spiro atoms. The van der Waals surface area contributed by atoms with Crippen LogP contribution in [-0.2, 0) is 13.1 Å². The highest BCUT2D eigenvalue weighted by atomic mass is 19.1. The molecule has 3 aromatic rings. The molecule has 0 fully saturated rings. The molecule has 0 radical (unpaired) electrons. The van der Waals surface area contributed by atoms with Gasteiger partial charge in [-0.1, -0.05) is 18.2 Å². The Morgan fingerprint density at radius 2 is 1.79 bits per heavy atom. The van der Waals surface area contributed by atoms with Gasteiger partial charge >= 0.3 is 0 Å². The third-order valence-corrected chi connectivity index (χ3v) is 4.62. The van der Waals surface area contributed by atoms with Gasteiger partial charge in [0.05, 0.1) is 12.8 Å². The summed E-state index contributed by atoms with van der Waals surface area (Å²) in [6.07, 6.45) is 0. The number of methoxy groups -OCH3 is 1. The van der Waals surface area contributed by atoms with Crippen molar-refractivity contribution in [2.45, 2.75) is 20.0 Å². The summed E-state index contributed by atoms with van der Waals surface area (Å²) in [5.74, 6) is -0.388. The number of aromatic nitrogens is 1. The summed E-state index contributed by atoms with van der Waals surface area (Å²) in [6.45, 7) is 2.13. The minimum Gasteiger partial charge on any atom is -0.497 e. The maximum absolute atomic E-state index is 14.4. The highest BCUT2D eigenvalue weighted by molar-refractivity contribution is 5.93. The van der Waals surface area contributed by atoms with Crippen LogP contribution in [0, 0.1) is 12.7 Å². The molecule has 2 aromatic carbocycles. The van der Waals surface area contributed by atoms with E-state index < -0.39 is 17.3 Å². The quantitative estimate of drug-likeness (QED) is 0.672. The maximum atomic E-state index is 14.4. The highest BCUT2D eigenvalue weighted by Gasteiger charge is 2.17. The SMILES string of the molecule is COc1ccc(CNC(=O)c2ccc(C)n(-c3cc(CN)ccc3F)c2=O)cc1. The van der Waals surface area contributed by atoms with E-state index in [4.69, 9.17) is 10.5 Å². The number of benzene rings is 2. The van der Waals surface area contributed by atoms with E-state index in [1.165, 1.54) is 22.8 Å². The van der Waals surface area contributed by atoms with Gasteiger partial charge in [0.25, 0.3) is 11.5 Å². The summed E-state index contributed by atoms with van der Waals surface area (Å²) in [5.41, 5.74) is 7.09. The first-order valence-corrected chi connectivity index (χ1v) is 9.07. The van der Waals surface area contributed by atoms with Crippen molar-refractivity contribution in [2.24, 2.45) is 5.73 Å². The molecule has 150 valence electrons. The van der Waals surface area contributed by atoms with Crippen LogP contribution in [0.25, 0.3) is 5.69 Å². The number of halogens is 1. The van der Waals surface area contributed by atoms with Gasteiger partial charge in [-0.3, -0.25) is 14.2 Å². The van der Waals surface area contributed by atoms with Gasteiger partial charge in [-0.2, -0.15) is 0 Å². The van der Waals surface area contributed by atoms with Crippen molar-refractivity contribution in [3.8, 4) is 11.4 Å². The zero-order chi connectivity index (χ0) is 21.0. The fourth-order valence-electron chi connectivity index (χ4n) is 2.98. The Kier molecular flexibility index (Phi) is 6.09. The number of carbonyl (C=O) groups excluding carboxylic acids is 1. The number of hydrogen-bond donors (Lipinski definition) is 2. The molecule has 0 bridgehead atoms. The minimum absolute atomic E-state index is 0.0679. The third-order valence-electron chi connectivity index (χ3n) is 4.62. The van der Waals surface area contributed by atoms with Gasteiger partial charge in [-0.15, -0.1) is 0 Å². The van der Waals surface area contributed by atoms with Crippen LogP contribution in [0.15, 0.2) is 59.4 Å². The molecule has 0 aliphatic rings. The van der Waals surface area contributed by atoms with E-state index in [9.17, 15) is 14.0 Å². The number of carbonyl (C=O) groups is 1. The van der Waals surface area contributed by atoms with E-state index >= 15 is 0 Å². The summed E-state index contributed by atoms with van der Waals surface area (Å²) >= 11 is 0. The van der Waals surface area contributed by atoms with Crippen molar-refractivity contribution in [3.63, 3.8) is 0 Å². The van der Waals surface area contributed by atoms with Gasteiger partial charge in [-0.25, -0.2) is 4.39 Å². The van der Waals surface area contributed by atoms with Crippen molar-refractivity contribution in [3.05, 3.63) is 93.2 Å². The van der Waals surface area contributed by atoms with E-state index in [1.807, 2.05) is 12.1 Å². The zero-order valence-corrected chi connectivity index (χ0v) is 16.2. The van der Waals surface area contributed by atoms with Crippen LogP contribution in [0.4, 0.5) is 4.39 Å². The van der Waals surface area contributed by atoms with Crippen LogP contribution >= 0.6 is 0 Å². The average Bonchev–Trinajstić information content (AvgIpc) is 2.73. The second kappa shape index (κ2) is 8.70. The van der Waals surface area contributed by atoms with Crippen LogP contribution in [0.5, 0.6) is 5.75 Å². The summed E-state index contributed by atoms with van der Waals surface area (Å²) in [4.78, 5) is 25.6. The summed E-state index contributed by atoms with van der Waals surface area (Å²) in [6, 6.07) is 14.6. The molecule has 0 saturated carbocycles. The van der Waals surface area contributed by atoms with E-state index in [0.717, 1.165) is 5.56 Å². The number of rotatable bonds is 6. The van der Waals surface area contributed by atoms with Crippen LogP contribution in [-0.4, -0.2) is 17.6 Å². The summed E-state index contributed by atoms with van der Waals surface area (Å²) in [7, 11) is 1.57. The normalized spacial score (nSPS) is 10.6. The standard InChI is InChI=1S/C22H22FN3O3/c1-14-3-9-18(21(27)25-13-15-4-7-17(29-2)8-5-15)22(28)26(14)20-11-16(12-24)6-10-19(20)23/h3-11H,12-13,24H2,1-2H3,(H,25,27). The highest BCUT2D eigenvalue weighted by Crippen LogP contribution is 2.16. The van der Waals surface area contributed by atoms with Crippen molar-refractivity contribution in [2.75, 3.05) is 7.11 Å². The van der Waals surface area contributed by atoms with Gasteiger partial charge < -0.3 is 15.8 Å². The van der Waals surface area contributed by atoms with E-state index in [1.54, 1.807) is 38.3 Å². The maximum Gasteiger partial charge on any atom is 0.268 e. The molecule has 0 atom stereocenters. The van der Waals surface area contributed by atoms with Crippen molar-refractivity contribution < 1.29 is 13.9 Å². The lowest BCUT2D eigenvalue weighted by atomic mass is 10.1. The molecule has 0 aliphatic carbocycles. The number of amides is 1.